The first-order valence-corrected chi connectivity index (χ1v) is 7.49. The van der Waals surface area contributed by atoms with Gasteiger partial charge in [-0.2, -0.15) is 9.67 Å². The third-order valence-corrected chi connectivity index (χ3v) is 3.33. The number of para-hydroxylation sites is 1. The van der Waals surface area contributed by atoms with Crippen molar-refractivity contribution in [2.24, 2.45) is 0 Å². The van der Waals surface area contributed by atoms with Gasteiger partial charge in [0.25, 0.3) is 11.9 Å². The minimum atomic E-state index is -0.316. The van der Waals surface area contributed by atoms with Gasteiger partial charge in [0, 0.05) is 5.56 Å². The van der Waals surface area contributed by atoms with Crippen LogP contribution in [0.15, 0.2) is 60.7 Å². The molecule has 0 saturated carbocycles. The lowest BCUT2D eigenvalue weighted by Crippen LogP contribution is -2.34. The number of rotatable bonds is 3. The Morgan fingerprint density at radius 3 is 2.33 bits per heavy atom. The fourth-order valence-corrected chi connectivity index (χ4v) is 2.22. The maximum atomic E-state index is 12.0. The zero-order valence-corrected chi connectivity index (χ0v) is 13.3. The molecule has 1 aromatic heterocycles. The molecule has 3 aromatic rings. The van der Waals surface area contributed by atoms with E-state index < -0.39 is 0 Å². The predicted octanol–water partition coefficient (Wildman–Crippen LogP) is 1.98. The number of hydrogen-bond acceptors (Lipinski definition) is 5. The van der Waals surface area contributed by atoms with Crippen LogP contribution in [0.1, 0.15) is 10.4 Å². The van der Waals surface area contributed by atoms with Crippen LogP contribution in [0.25, 0.3) is 5.69 Å². The van der Waals surface area contributed by atoms with Crippen molar-refractivity contribution in [1.82, 2.24) is 20.1 Å². The summed E-state index contributed by atoms with van der Waals surface area (Å²) in [6.07, 6.45) is 0. The van der Waals surface area contributed by atoms with E-state index in [0.29, 0.717) is 5.56 Å². The number of benzene rings is 2. The van der Waals surface area contributed by atoms with Gasteiger partial charge < -0.3 is 5.73 Å². The highest BCUT2D eigenvalue weighted by molar-refractivity contribution is 7.80. The molecular formula is C16H14N6OS. The minimum Gasteiger partial charge on any atom is -0.368 e. The van der Waals surface area contributed by atoms with Gasteiger partial charge in [0.2, 0.25) is 5.95 Å². The number of anilines is 2. The van der Waals surface area contributed by atoms with Crippen molar-refractivity contribution >= 4 is 35.1 Å². The summed E-state index contributed by atoms with van der Waals surface area (Å²) in [5, 5.41) is 9.64. The number of aromatic nitrogens is 3. The lowest BCUT2D eigenvalue weighted by molar-refractivity contribution is 0.0977. The molecule has 0 aliphatic carbocycles. The normalized spacial score (nSPS) is 10.2. The SMILES string of the molecule is Nc1nc(NC(=S)NC(=O)c2ccccc2)nn1-c1ccccc1. The maximum absolute atomic E-state index is 12.0. The molecule has 0 aliphatic heterocycles. The smallest absolute Gasteiger partial charge is 0.257 e. The molecule has 2 aromatic carbocycles. The average molecular weight is 338 g/mol. The molecule has 1 heterocycles. The van der Waals surface area contributed by atoms with E-state index in [4.69, 9.17) is 18.0 Å². The van der Waals surface area contributed by atoms with Crippen LogP contribution in [-0.4, -0.2) is 25.8 Å². The van der Waals surface area contributed by atoms with Crippen LogP contribution >= 0.6 is 12.2 Å². The summed E-state index contributed by atoms with van der Waals surface area (Å²) in [6.45, 7) is 0. The number of thiocarbonyl (C=S) groups is 1. The minimum absolute atomic E-state index is 0.0917. The van der Waals surface area contributed by atoms with Crippen LogP contribution in [-0.2, 0) is 0 Å². The molecule has 0 aliphatic rings. The van der Waals surface area contributed by atoms with Crippen LogP contribution < -0.4 is 16.4 Å². The fourth-order valence-electron chi connectivity index (χ4n) is 2.03. The molecule has 3 rings (SSSR count). The molecule has 0 spiro atoms. The molecule has 8 heteroatoms. The highest BCUT2D eigenvalue weighted by Gasteiger charge is 2.12. The number of nitrogens with one attached hydrogen (secondary N) is 2. The van der Waals surface area contributed by atoms with E-state index in [-0.39, 0.29) is 22.9 Å². The monoisotopic (exact) mass is 338 g/mol. The van der Waals surface area contributed by atoms with E-state index in [1.54, 1.807) is 24.3 Å². The highest BCUT2D eigenvalue weighted by atomic mass is 32.1. The van der Waals surface area contributed by atoms with Crippen LogP contribution in [0.4, 0.5) is 11.9 Å². The lowest BCUT2D eigenvalue weighted by Gasteiger charge is -2.06. The first-order valence-electron chi connectivity index (χ1n) is 7.09. The largest absolute Gasteiger partial charge is 0.368 e. The summed E-state index contributed by atoms with van der Waals surface area (Å²) in [4.78, 5) is 16.1. The third-order valence-electron chi connectivity index (χ3n) is 3.12. The second kappa shape index (κ2) is 6.88. The summed E-state index contributed by atoms with van der Waals surface area (Å²) >= 11 is 5.11. The molecule has 4 N–H and O–H groups in total. The fraction of sp³-hybridized carbons (Fsp3) is 0. The van der Waals surface area contributed by atoms with Gasteiger partial charge in [0.05, 0.1) is 5.69 Å². The Hall–Kier alpha value is -3.26. The molecule has 0 saturated heterocycles. The van der Waals surface area contributed by atoms with Crippen LogP contribution in [0.2, 0.25) is 0 Å². The van der Waals surface area contributed by atoms with Crippen LogP contribution in [0.3, 0.4) is 0 Å². The predicted molar refractivity (Wildman–Crippen MR) is 95.9 cm³/mol. The van der Waals surface area contributed by atoms with E-state index in [2.05, 4.69) is 20.7 Å². The summed E-state index contributed by atoms with van der Waals surface area (Å²) in [5.74, 6) is 0.0964. The lowest BCUT2D eigenvalue weighted by atomic mass is 10.2. The molecular weight excluding hydrogens is 324 g/mol. The molecule has 0 radical (unpaired) electrons. The molecule has 1 amide bonds. The van der Waals surface area contributed by atoms with Gasteiger partial charge in [0.1, 0.15) is 0 Å². The molecule has 0 atom stereocenters. The summed E-state index contributed by atoms with van der Waals surface area (Å²) in [6, 6.07) is 18.1. The van der Waals surface area contributed by atoms with Gasteiger partial charge in [-0.3, -0.25) is 15.4 Å². The Kier molecular flexibility index (Phi) is 4.48. The number of nitrogens with two attached hydrogens (primary N) is 1. The van der Waals surface area contributed by atoms with Crippen molar-refractivity contribution in [1.29, 1.82) is 0 Å². The van der Waals surface area contributed by atoms with Crippen LogP contribution in [0, 0.1) is 0 Å². The van der Waals surface area contributed by atoms with Gasteiger partial charge in [-0.05, 0) is 36.5 Å². The van der Waals surface area contributed by atoms with Crippen LogP contribution in [0.5, 0.6) is 0 Å². The quantitative estimate of drug-likeness (QED) is 0.632. The second-order valence-corrected chi connectivity index (χ2v) is 5.22. The molecule has 24 heavy (non-hydrogen) atoms. The Morgan fingerprint density at radius 2 is 1.67 bits per heavy atom. The zero-order valence-electron chi connectivity index (χ0n) is 12.5. The van der Waals surface area contributed by atoms with Crippen molar-refractivity contribution in [2.75, 3.05) is 11.1 Å². The van der Waals surface area contributed by atoms with Crippen molar-refractivity contribution < 1.29 is 4.79 Å². The first kappa shape index (κ1) is 15.6. The number of carbonyl (C=O) groups excluding carboxylic acids is 1. The molecule has 0 bridgehead atoms. The number of hydrogen-bond donors (Lipinski definition) is 3. The standard InChI is InChI=1S/C16H14N6OS/c17-14-19-15(21-22(14)12-9-5-2-6-10-12)20-16(24)18-13(23)11-7-3-1-4-8-11/h1-10H,(H4,17,18,19,20,21,23,24). The van der Waals surface area contributed by atoms with Gasteiger partial charge >= 0.3 is 0 Å². The second-order valence-electron chi connectivity index (χ2n) is 4.82. The van der Waals surface area contributed by atoms with E-state index in [1.807, 2.05) is 36.4 Å². The van der Waals surface area contributed by atoms with Crippen molar-refractivity contribution in [2.45, 2.75) is 0 Å². The van der Waals surface area contributed by atoms with Crippen molar-refractivity contribution in [3.63, 3.8) is 0 Å². The maximum Gasteiger partial charge on any atom is 0.257 e. The van der Waals surface area contributed by atoms with E-state index in [1.165, 1.54) is 4.68 Å². The number of amides is 1. The van der Waals surface area contributed by atoms with Crippen molar-refractivity contribution in [3.8, 4) is 5.69 Å². The number of nitrogen functional groups attached to an aromatic ring is 1. The third kappa shape index (κ3) is 3.55. The molecule has 0 unspecified atom stereocenters. The van der Waals surface area contributed by atoms with Gasteiger partial charge in [0.15, 0.2) is 5.11 Å². The summed E-state index contributed by atoms with van der Waals surface area (Å²) < 4.78 is 1.48. The van der Waals surface area contributed by atoms with E-state index in [0.717, 1.165) is 5.69 Å². The Labute approximate surface area is 143 Å². The topological polar surface area (TPSA) is 97.9 Å². The summed E-state index contributed by atoms with van der Waals surface area (Å²) in [5.41, 5.74) is 7.14. The number of carbonyl (C=O) groups is 1. The highest BCUT2D eigenvalue weighted by Crippen LogP contribution is 2.13. The van der Waals surface area contributed by atoms with Gasteiger partial charge in [-0.25, -0.2) is 0 Å². The average Bonchev–Trinajstić information content (AvgIpc) is 2.96. The van der Waals surface area contributed by atoms with Gasteiger partial charge in [-0.1, -0.05) is 36.4 Å². The molecule has 0 fully saturated rings. The van der Waals surface area contributed by atoms with Crippen molar-refractivity contribution in [3.05, 3.63) is 66.2 Å². The number of nitrogens with zero attached hydrogens (tertiary/aromatic N) is 3. The molecule has 120 valence electrons. The zero-order chi connectivity index (χ0) is 16.9. The first-order chi connectivity index (χ1) is 11.6. The van der Waals surface area contributed by atoms with Gasteiger partial charge in [-0.15, -0.1) is 5.10 Å². The van der Waals surface area contributed by atoms with E-state index >= 15 is 0 Å². The Morgan fingerprint density at radius 1 is 1.04 bits per heavy atom. The Bertz CT molecular complexity index is 863. The summed E-state index contributed by atoms with van der Waals surface area (Å²) in [7, 11) is 0. The Balaban J connectivity index is 1.68. The van der Waals surface area contributed by atoms with E-state index in [9.17, 15) is 4.79 Å². The molecule has 7 nitrogen and oxygen atoms in total.